The molecule has 0 amide bonds. The lowest BCUT2D eigenvalue weighted by atomic mass is 10.2. The Hall–Kier alpha value is -3.75. The highest BCUT2D eigenvalue weighted by Crippen LogP contribution is 2.15. The van der Waals surface area contributed by atoms with E-state index in [-0.39, 0.29) is 5.82 Å². The number of fused-ring (bicyclic) bond motifs is 1. The summed E-state index contributed by atoms with van der Waals surface area (Å²) >= 11 is -1.93. The second-order valence-electron chi connectivity index (χ2n) is 6.38. The zero-order valence-corrected chi connectivity index (χ0v) is 17.3. The fourth-order valence-corrected chi connectivity index (χ4v) is 3.40. The molecule has 0 bridgehead atoms. The number of nitrogens with zero attached hydrogens (tertiary/aromatic N) is 2. The zero-order chi connectivity index (χ0) is 21.6. The molecule has 8 heteroatoms. The van der Waals surface area contributed by atoms with Gasteiger partial charge in [0.05, 0.1) is 22.9 Å². The average molecular weight is 434 g/mol. The SMILES string of the molecule is COc1ccc(C=Cc2nc3ccccc3c(=O)n2OOS(=O)c2ccccc2)cc1. The van der Waals surface area contributed by atoms with Gasteiger partial charge >= 0.3 is 0 Å². The molecule has 0 N–H and O–H groups in total. The maximum Gasteiger partial charge on any atom is 0.297 e. The third-order valence-corrected chi connectivity index (χ3v) is 5.25. The molecule has 0 saturated heterocycles. The quantitative estimate of drug-likeness (QED) is 0.326. The van der Waals surface area contributed by atoms with E-state index in [4.69, 9.17) is 14.1 Å². The van der Waals surface area contributed by atoms with Crippen LogP contribution in [0.2, 0.25) is 0 Å². The molecule has 1 unspecified atom stereocenters. The molecule has 1 heterocycles. The van der Waals surface area contributed by atoms with Crippen LogP contribution in [0.25, 0.3) is 23.1 Å². The van der Waals surface area contributed by atoms with Crippen LogP contribution in [0.1, 0.15) is 11.4 Å². The van der Waals surface area contributed by atoms with Crippen LogP contribution in [0.15, 0.2) is 88.6 Å². The lowest BCUT2D eigenvalue weighted by Crippen LogP contribution is -2.30. The van der Waals surface area contributed by atoms with E-state index < -0.39 is 16.6 Å². The summed E-state index contributed by atoms with van der Waals surface area (Å²) in [5, 5.41) is 0.346. The number of para-hydroxylation sites is 1. The predicted molar refractivity (Wildman–Crippen MR) is 118 cm³/mol. The maximum absolute atomic E-state index is 13.0. The van der Waals surface area contributed by atoms with E-state index >= 15 is 0 Å². The number of aromatic nitrogens is 2. The third kappa shape index (κ3) is 4.71. The first kappa shape index (κ1) is 20.5. The van der Waals surface area contributed by atoms with Gasteiger partial charge in [-0.2, -0.15) is 0 Å². The highest BCUT2D eigenvalue weighted by Gasteiger charge is 2.13. The molecule has 4 aromatic rings. The van der Waals surface area contributed by atoms with Crippen LogP contribution in [0, 0.1) is 0 Å². The second-order valence-corrected chi connectivity index (χ2v) is 7.46. The Kier molecular flexibility index (Phi) is 6.21. The zero-order valence-electron chi connectivity index (χ0n) is 16.5. The second kappa shape index (κ2) is 9.38. The number of hydrogen-bond acceptors (Lipinski definition) is 6. The molecule has 31 heavy (non-hydrogen) atoms. The molecule has 4 rings (SSSR count). The Morgan fingerprint density at radius 3 is 2.35 bits per heavy atom. The number of hydrogen-bond donors (Lipinski definition) is 0. The van der Waals surface area contributed by atoms with Crippen LogP contribution in [0.5, 0.6) is 5.75 Å². The van der Waals surface area contributed by atoms with Crippen molar-refractivity contribution < 1.29 is 18.3 Å². The summed E-state index contributed by atoms with van der Waals surface area (Å²) in [5.74, 6) is 0.919. The van der Waals surface area contributed by atoms with Gasteiger partial charge in [0.1, 0.15) is 5.75 Å². The number of ether oxygens (including phenoxy) is 1. The smallest absolute Gasteiger partial charge is 0.297 e. The molecule has 0 aliphatic heterocycles. The van der Waals surface area contributed by atoms with Gasteiger partial charge in [-0.25, -0.2) is 14.2 Å². The minimum absolute atomic E-state index is 0.185. The van der Waals surface area contributed by atoms with E-state index in [1.54, 1.807) is 73.9 Å². The molecule has 3 aromatic carbocycles. The van der Waals surface area contributed by atoms with Gasteiger partial charge in [-0.3, -0.25) is 4.79 Å². The van der Waals surface area contributed by atoms with Gasteiger partial charge in [0.2, 0.25) is 11.1 Å². The van der Waals surface area contributed by atoms with Crippen LogP contribution in [-0.4, -0.2) is 21.0 Å². The van der Waals surface area contributed by atoms with E-state index in [0.717, 1.165) is 16.0 Å². The first-order chi connectivity index (χ1) is 15.2. The molecule has 156 valence electrons. The largest absolute Gasteiger partial charge is 0.497 e. The van der Waals surface area contributed by atoms with Crippen LogP contribution >= 0.6 is 0 Å². The Bertz CT molecular complexity index is 1300. The summed E-state index contributed by atoms with van der Waals surface area (Å²) < 4.78 is 23.4. The first-order valence-corrected chi connectivity index (χ1v) is 10.4. The number of methoxy groups -OCH3 is 1. The molecule has 1 atom stereocenters. The molecule has 0 aliphatic rings. The van der Waals surface area contributed by atoms with Gasteiger partial charge < -0.3 is 4.74 Å². The van der Waals surface area contributed by atoms with E-state index in [9.17, 15) is 9.00 Å². The van der Waals surface area contributed by atoms with E-state index in [1.165, 1.54) is 0 Å². The monoisotopic (exact) mass is 434 g/mol. The van der Waals surface area contributed by atoms with Crippen molar-refractivity contribution in [2.24, 2.45) is 0 Å². The van der Waals surface area contributed by atoms with Gasteiger partial charge in [-0.05, 0) is 48.0 Å². The van der Waals surface area contributed by atoms with E-state index in [0.29, 0.717) is 15.8 Å². The molecule has 7 nitrogen and oxygen atoms in total. The molecule has 0 aliphatic carbocycles. The Morgan fingerprint density at radius 2 is 1.61 bits per heavy atom. The maximum atomic E-state index is 13.0. The van der Waals surface area contributed by atoms with Crippen LogP contribution in [-0.2, 0) is 15.4 Å². The van der Waals surface area contributed by atoms with Crippen LogP contribution in [0.3, 0.4) is 0 Å². The van der Waals surface area contributed by atoms with Crippen molar-refractivity contribution in [1.29, 1.82) is 0 Å². The highest BCUT2D eigenvalue weighted by molar-refractivity contribution is 7.80. The van der Waals surface area contributed by atoms with Gasteiger partial charge in [0, 0.05) is 0 Å². The summed E-state index contributed by atoms with van der Waals surface area (Å²) in [6, 6.07) is 22.8. The fraction of sp³-hybridized carbons (Fsp3) is 0.0435. The molecule has 0 fully saturated rings. The lowest BCUT2D eigenvalue weighted by Gasteiger charge is -2.09. The van der Waals surface area contributed by atoms with Gasteiger partial charge in [-0.1, -0.05) is 57.6 Å². The molecule has 0 radical (unpaired) electrons. The normalized spacial score (nSPS) is 12.2. The molecule has 1 aromatic heterocycles. The standard InChI is InChI=1S/C23H18N2O5S/c1-28-18-14-11-17(12-15-18)13-16-22-24-21-10-6-5-9-20(21)23(26)25(22)29-30-31(27)19-7-3-2-4-8-19/h2-16H,1H3. The van der Waals surface area contributed by atoms with Gasteiger partial charge in [0.15, 0.2) is 5.82 Å². The van der Waals surface area contributed by atoms with Crippen LogP contribution in [0.4, 0.5) is 0 Å². The fourth-order valence-electron chi connectivity index (χ4n) is 2.83. The van der Waals surface area contributed by atoms with Crippen molar-refractivity contribution in [2.45, 2.75) is 4.90 Å². The summed E-state index contributed by atoms with van der Waals surface area (Å²) in [4.78, 5) is 23.0. The minimum atomic E-state index is -1.93. The molecule has 0 saturated carbocycles. The molecular weight excluding hydrogens is 416 g/mol. The van der Waals surface area contributed by atoms with Crippen molar-refractivity contribution in [3.05, 3.63) is 101 Å². The lowest BCUT2D eigenvalue weighted by molar-refractivity contribution is -0.203. The highest BCUT2D eigenvalue weighted by atomic mass is 32.2. The topological polar surface area (TPSA) is 79.7 Å². The van der Waals surface area contributed by atoms with Crippen molar-refractivity contribution in [2.75, 3.05) is 7.11 Å². The van der Waals surface area contributed by atoms with Crippen molar-refractivity contribution in [3.8, 4) is 5.75 Å². The summed E-state index contributed by atoms with van der Waals surface area (Å²) in [6.07, 6.45) is 3.38. The van der Waals surface area contributed by atoms with Crippen molar-refractivity contribution in [3.63, 3.8) is 0 Å². The third-order valence-electron chi connectivity index (χ3n) is 4.41. The minimum Gasteiger partial charge on any atom is -0.497 e. The van der Waals surface area contributed by atoms with E-state index in [1.807, 2.05) is 24.3 Å². The summed E-state index contributed by atoms with van der Waals surface area (Å²) in [5.41, 5.74) is 0.888. The summed E-state index contributed by atoms with van der Waals surface area (Å²) in [6.45, 7) is 0. The van der Waals surface area contributed by atoms with Gasteiger partial charge in [0.25, 0.3) is 5.56 Å². The summed E-state index contributed by atoms with van der Waals surface area (Å²) in [7, 11) is 1.60. The molecule has 0 spiro atoms. The van der Waals surface area contributed by atoms with Crippen molar-refractivity contribution in [1.82, 2.24) is 9.71 Å². The Balaban J connectivity index is 1.68. The van der Waals surface area contributed by atoms with Gasteiger partial charge in [-0.15, -0.1) is 0 Å². The first-order valence-electron chi connectivity index (χ1n) is 9.32. The Labute approximate surface area is 180 Å². The van der Waals surface area contributed by atoms with E-state index in [2.05, 4.69) is 4.98 Å². The number of rotatable bonds is 7. The molecular formula is C23H18N2O5S. The number of benzene rings is 3. The Morgan fingerprint density at radius 1 is 0.903 bits per heavy atom. The van der Waals surface area contributed by atoms with Crippen LogP contribution < -0.4 is 15.3 Å². The van der Waals surface area contributed by atoms with Crippen molar-refractivity contribution >= 4 is 34.1 Å². The predicted octanol–water partition coefficient (Wildman–Crippen LogP) is 3.66. The average Bonchev–Trinajstić information content (AvgIpc) is 2.83.